The number of carbonyl (C=O) groups is 2. The van der Waals surface area contributed by atoms with E-state index in [4.69, 9.17) is 0 Å². The first-order chi connectivity index (χ1) is 13.3. The lowest BCUT2D eigenvalue weighted by molar-refractivity contribution is -0.158. The molecule has 2 aromatic rings. The Kier molecular flexibility index (Phi) is 6.17. The number of esters is 1. The quantitative estimate of drug-likeness (QED) is 0.302. The summed E-state index contributed by atoms with van der Waals surface area (Å²) >= 11 is 0.991. The smallest absolute Gasteiger partial charge is 0.348 e. The van der Waals surface area contributed by atoms with Crippen LogP contribution in [0.1, 0.15) is 31.7 Å². The molecule has 0 aliphatic heterocycles. The summed E-state index contributed by atoms with van der Waals surface area (Å²) in [4.78, 5) is 23.4. The second kappa shape index (κ2) is 8.42. The van der Waals surface area contributed by atoms with Gasteiger partial charge in [-0.15, -0.1) is 11.3 Å². The Morgan fingerprint density at radius 2 is 1.93 bits per heavy atom. The number of hydrogen-bond donors (Lipinski definition) is 1. The summed E-state index contributed by atoms with van der Waals surface area (Å²) in [5.74, 6) is -1.03. The van der Waals surface area contributed by atoms with Crippen molar-refractivity contribution in [2.75, 3.05) is 18.6 Å². The van der Waals surface area contributed by atoms with E-state index in [1.807, 2.05) is 24.3 Å². The summed E-state index contributed by atoms with van der Waals surface area (Å²) in [6.07, 6.45) is 1.56. The van der Waals surface area contributed by atoms with Gasteiger partial charge in [-0.05, 0) is 42.0 Å². The molecule has 0 radical (unpaired) electrons. The lowest BCUT2D eigenvalue weighted by Gasteiger charge is -2.22. The van der Waals surface area contributed by atoms with Gasteiger partial charge >= 0.3 is 5.97 Å². The van der Waals surface area contributed by atoms with Gasteiger partial charge in [0.15, 0.2) is 9.84 Å². The minimum Gasteiger partial charge on any atom is -0.465 e. The van der Waals surface area contributed by atoms with Crippen molar-refractivity contribution in [3.8, 4) is 0 Å². The van der Waals surface area contributed by atoms with Crippen LogP contribution in [0.5, 0.6) is 0 Å². The molecule has 0 fully saturated rings. The van der Waals surface area contributed by atoms with Crippen molar-refractivity contribution in [1.82, 2.24) is 5.06 Å². The highest BCUT2D eigenvalue weighted by Gasteiger charge is 2.31. The average Bonchev–Trinajstić information content (AvgIpc) is 3.30. The minimum absolute atomic E-state index is 0.0274. The number of hydrogen-bond acceptors (Lipinski definition) is 7. The second-order valence-corrected chi connectivity index (χ2v) is 10.1. The maximum absolute atomic E-state index is 12.8. The van der Waals surface area contributed by atoms with Crippen LogP contribution in [0.2, 0.25) is 0 Å². The first kappa shape index (κ1) is 20.5. The van der Waals surface area contributed by atoms with Crippen LogP contribution < -0.4 is 0 Å². The number of sulfone groups is 1. The van der Waals surface area contributed by atoms with Gasteiger partial charge in [-0.1, -0.05) is 24.3 Å². The van der Waals surface area contributed by atoms with Gasteiger partial charge < -0.3 is 4.74 Å². The molecule has 7 nitrogen and oxygen atoms in total. The van der Waals surface area contributed by atoms with Gasteiger partial charge in [-0.25, -0.2) is 18.3 Å². The predicted octanol–water partition coefficient (Wildman–Crippen LogP) is 2.25. The van der Waals surface area contributed by atoms with Gasteiger partial charge in [-0.3, -0.25) is 10.0 Å². The van der Waals surface area contributed by atoms with E-state index < -0.39 is 27.6 Å². The monoisotopic (exact) mass is 423 g/mol. The summed E-state index contributed by atoms with van der Waals surface area (Å²) in [5.41, 5.74) is 2.33. The van der Waals surface area contributed by atoms with E-state index in [1.165, 1.54) is 19.2 Å². The van der Waals surface area contributed by atoms with E-state index in [9.17, 15) is 23.2 Å². The number of amides is 1. The van der Waals surface area contributed by atoms with Crippen LogP contribution >= 0.6 is 11.3 Å². The molecule has 3 rings (SSSR count). The third-order valence-corrected chi connectivity index (χ3v) is 7.78. The minimum atomic E-state index is -3.57. The van der Waals surface area contributed by atoms with E-state index in [1.54, 1.807) is 0 Å². The highest BCUT2D eigenvalue weighted by molar-refractivity contribution is 7.91. The largest absolute Gasteiger partial charge is 0.465 e. The first-order valence-corrected chi connectivity index (χ1v) is 11.3. The molecule has 1 aromatic heterocycles. The number of benzene rings is 1. The molecule has 0 saturated carbocycles. The zero-order valence-corrected chi connectivity index (χ0v) is 16.9. The highest BCUT2D eigenvalue weighted by atomic mass is 32.2. The van der Waals surface area contributed by atoms with Crippen molar-refractivity contribution in [2.45, 2.75) is 18.9 Å². The van der Waals surface area contributed by atoms with Crippen LogP contribution in [0, 0.1) is 5.92 Å². The third kappa shape index (κ3) is 4.60. The van der Waals surface area contributed by atoms with Crippen LogP contribution in [0.4, 0.5) is 0 Å². The van der Waals surface area contributed by atoms with E-state index in [-0.39, 0.29) is 23.0 Å². The molecule has 1 aliphatic rings. The van der Waals surface area contributed by atoms with E-state index >= 15 is 0 Å². The molecule has 1 atom stereocenters. The van der Waals surface area contributed by atoms with Crippen LogP contribution in [-0.2, 0) is 32.2 Å². The number of thiophene rings is 1. The Balaban J connectivity index is 1.74. The first-order valence-electron chi connectivity index (χ1n) is 8.70. The van der Waals surface area contributed by atoms with Gasteiger partial charge in [0.05, 0.1) is 18.6 Å². The standard InChI is InChI=1S/C19H21NO6S2/c1-26-19(22)18-7-6-17(27-18)16(20(23)12-21)11-28(24,25)10-13-8-14-4-2-3-5-15(14)9-13/h2-7,12-13,16,23H,8-11H2,1H3. The Bertz CT molecular complexity index is 943. The van der Waals surface area contributed by atoms with Crippen LogP contribution in [-0.4, -0.2) is 49.7 Å². The lowest BCUT2D eigenvalue weighted by Crippen LogP contribution is -2.31. The molecule has 1 aromatic carbocycles. The zero-order valence-electron chi connectivity index (χ0n) is 15.3. The number of rotatable bonds is 8. The Morgan fingerprint density at radius 3 is 2.50 bits per heavy atom. The van der Waals surface area contributed by atoms with Crippen LogP contribution in [0.3, 0.4) is 0 Å². The summed E-state index contributed by atoms with van der Waals surface area (Å²) in [5, 5.41) is 10.3. The molecule has 1 unspecified atom stereocenters. The van der Waals surface area contributed by atoms with Crippen molar-refractivity contribution < 1.29 is 28.0 Å². The highest BCUT2D eigenvalue weighted by Crippen LogP contribution is 2.31. The lowest BCUT2D eigenvalue weighted by atomic mass is 10.1. The number of nitrogens with zero attached hydrogens (tertiary/aromatic N) is 1. The van der Waals surface area contributed by atoms with E-state index in [0.717, 1.165) is 22.5 Å². The van der Waals surface area contributed by atoms with Crippen molar-refractivity contribution >= 4 is 33.6 Å². The van der Waals surface area contributed by atoms with Gasteiger partial charge in [0.1, 0.15) is 10.9 Å². The molecule has 0 spiro atoms. The molecule has 1 amide bonds. The molecule has 1 aliphatic carbocycles. The summed E-state index contributed by atoms with van der Waals surface area (Å²) in [7, 11) is -2.33. The van der Waals surface area contributed by atoms with Crippen molar-refractivity contribution in [3.63, 3.8) is 0 Å². The second-order valence-electron chi connectivity index (χ2n) is 6.81. The molecule has 150 valence electrons. The van der Waals surface area contributed by atoms with Gasteiger partial charge in [0.25, 0.3) is 0 Å². The fourth-order valence-electron chi connectivity index (χ4n) is 3.54. The SMILES string of the molecule is COC(=O)c1ccc(C(CS(=O)(=O)CC2Cc3ccccc3C2)N(O)C=O)s1. The molecule has 9 heteroatoms. The van der Waals surface area contributed by atoms with Crippen LogP contribution in [0.25, 0.3) is 0 Å². The summed E-state index contributed by atoms with van der Waals surface area (Å²) in [6.45, 7) is 0. The topological polar surface area (TPSA) is 101 Å². The molecular formula is C19H21NO6S2. The Labute approximate surface area is 167 Å². The number of ether oxygens (including phenoxy) is 1. The number of hydroxylamine groups is 2. The Hall–Kier alpha value is -2.23. The molecule has 1 heterocycles. The molecular weight excluding hydrogens is 402 g/mol. The van der Waals surface area contributed by atoms with Crippen LogP contribution in [0.15, 0.2) is 36.4 Å². The van der Waals surface area contributed by atoms with Gasteiger partial charge in [-0.2, -0.15) is 0 Å². The molecule has 28 heavy (non-hydrogen) atoms. The molecule has 1 N–H and O–H groups in total. The summed E-state index contributed by atoms with van der Waals surface area (Å²) in [6, 6.07) is 9.82. The fourth-order valence-corrected chi connectivity index (χ4v) is 6.57. The third-order valence-electron chi connectivity index (χ3n) is 4.81. The van der Waals surface area contributed by atoms with Gasteiger partial charge in [0.2, 0.25) is 6.41 Å². The maximum atomic E-state index is 12.8. The van der Waals surface area contributed by atoms with Crippen molar-refractivity contribution in [1.29, 1.82) is 0 Å². The average molecular weight is 424 g/mol. The van der Waals surface area contributed by atoms with Crippen molar-refractivity contribution in [3.05, 3.63) is 57.3 Å². The molecule has 0 bridgehead atoms. The molecule has 0 saturated heterocycles. The van der Waals surface area contributed by atoms with E-state index in [0.29, 0.717) is 22.8 Å². The number of carbonyl (C=O) groups excluding carboxylic acids is 2. The number of methoxy groups -OCH3 is 1. The van der Waals surface area contributed by atoms with E-state index in [2.05, 4.69) is 4.74 Å². The number of fused-ring (bicyclic) bond motifs is 1. The van der Waals surface area contributed by atoms with Crippen molar-refractivity contribution in [2.24, 2.45) is 5.92 Å². The maximum Gasteiger partial charge on any atom is 0.348 e. The summed E-state index contributed by atoms with van der Waals surface area (Å²) < 4.78 is 30.2. The fraction of sp³-hybridized carbons (Fsp3) is 0.368. The predicted molar refractivity (Wildman–Crippen MR) is 104 cm³/mol. The van der Waals surface area contributed by atoms with Gasteiger partial charge in [0, 0.05) is 4.88 Å². The normalized spacial score (nSPS) is 15.1. The zero-order chi connectivity index (χ0) is 20.3. The Morgan fingerprint density at radius 1 is 1.29 bits per heavy atom.